The minimum absolute atomic E-state index is 0.656. The Morgan fingerprint density at radius 1 is 1.32 bits per heavy atom. The highest BCUT2D eigenvalue weighted by atomic mass is 16.4. The maximum Gasteiger partial charge on any atom is 0.297 e. The maximum atomic E-state index is 5.47. The fourth-order valence-corrected chi connectivity index (χ4v) is 1.73. The Labute approximate surface area is 113 Å². The Morgan fingerprint density at radius 3 is 2.95 bits per heavy atom. The van der Waals surface area contributed by atoms with E-state index in [2.05, 4.69) is 22.2 Å². The first-order valence-electron chi connectivity index (χ1n) is 6.55. The van der Waals surface area contributed by atoms with Gasteiger partial charge >= 0.3 is 0 Å². The number of hydrogen-bond donors (Lipinski definition) is 1. The minimum atomic E-state index is 0.656. The molecule has 0 bridgehead atoms. The zero-order valence-corrected chi connectivity index (χ0v) is 11.5. The molecule has 0 spiro atoms. The van der Waals surface area contributed by atoms with Crippen LogP contribution in [0.1, 0.15) is 18.3 Å². The molecule has 2 rings (SSSR count). The molecule has 0 radical (unpaired) electrons. The lowest BCUT2D eigenvalue weighted by Crippen LogP contribution is -2.21. The van der Waals surface area contributed by atoms with Crippen LogP contribution in [0.25, 0.3) is 0 Å². The smallest absolute Gasteiger partial charge is 0.297 e. The molecule has 0 aromatic carbocycles. The predicted octanol–water partition coefficient (Wildman–Crippen LogP) is 1.86. The SMILES string of the molecule is CCNCc1coc(N(C)CCc2ccccn2)n1. The van der Waals surface area contributed by atoms with Gasteiger partial charge in [-0.1, -0.05) is 13.0 Å². The van der Waals surface area contributed by atoms with E-state index in [0.717, 1.165) is 37.4 Å². The van der Waals surface area contributed by atoms with Gasteiger partial charge in [0.25, 0.3) is 6.01 Å². The molecule has 5 nitrogen and oxygen atoms in total. The van der Waals surface area contributed by atoms with Crippen molar-refractivity contribution >= 4 is 6.01 Å². The molecule has 19 heavy (non-hydrogen) atoms. The quantitative estimate of drug-likeness (QED) is 0.823. The van der Waals surface area contributed by atoms with Gasteiger partial charge in [-0.2, -0.15) is 4.98 Å². The standard InChI is InChI=1S/C14H20N4O/c1-3-15-10-13-11-19-14(17-13)18(2)9-7-12-6-4-5-8-16-12/h4-6,8,11,15H,3,7,9-10H2,1-2H3. The molecule has 0 saturated carbocycles. The molecular formula is C14H20N4O. The summed E-state index contributed by atoms with van der Waals surface area (Å²) in [6.07, 6.45) is 4.40. The summed E-state index contributed by atoms with van der Waals surface area (Å²) in [4.78, 5) is 10.7. The topological polar surface area (TPSA) is 54.2 Å². The Bertz CT molecular complexity index is 483. The normalized spacial score (nSPS) is 10.6. The van der Waals surface area contributed by atoms with Crippen LogP contribution in [0.15, 0.2) is 35.1 Å². The van der Waals surface area contributed by atoms with Crippen LogP contribution >= 0.6 is 0 Å². The van der Waals surface area contributed by atoms with Gasteiger partial charge in [0.2, 0.25) is 0 Å². The lowest BCUT2D eigenvalue weighted by atomic mass is 10.2. The average Bonchev–Trinajstić information content (AvgIpc) is 2.92. The molecule has 0 aliphatic carbocycles. The summed E-state index contributed by atoms with van der Waals surface area (Å²) in [7, 11) is 1.98. The van der Waals surface area contributed by atoms with Crippen molar-refractivity contribution in [1.29, 1.82) is 0 Å². The van der Waals surface area contributed by atoms with E-state index in [4.69, 9.17) is 4.42 Å². The Balaban J connectivity index is 1.85. The lowest BCUT2D eigenvalue weighted by molar-refractivity contribution is 0.543. The van der Waals surface area contributed by atoms with Crippen LogP contribution in [0.2, 0.25) is 0 Å². The van der Waals surface area contributed by atoms with E-state index in [1.807, 2.05) is 36.3 Å². The van der Waals surface area contributed by atoms with Crippen LogP contribution in [0.3, 0.4) is 0 Å². The van der Waals surface area contributed by atoms with Crippen molar-refractivity contribution in [3.8, 4) is 0 Å². The summed E-state index contributed by atoms with van der Waals surface area (Å²) in [6.45, 7) is 4.57. The predicted molar refractivity (Wildman–Crippen MR) is 75.1 cm³/mol. The monoisotopic (exact) mass is 260 g/mol. The molecule has 0 fully saturated rings. The number of nitrogens with zero attached hydrogens (tertiary/aromatic N) is 3. The molecular weight excluding hydrogens is 240 g/mol. The number of hydrogen-bond acceptors (Lipinski definition) is 5. The van der Waals surface area contributed by atoms with E-state index in [1.54, 1.807) is 6.26 Å². The summed E-state index contributed by atoms with van der Waals surface area (Å²) in [5.74, 6) is 0. The van der Waals surface area contributed by atoms with Crippen LogP contribution in [-0.2, 0) is 13.0 Å². The van der Waals surface area contributed by atoms with E-state index < -0.39 is 0 Å². The van der Waals surface area contributed by atoms with Crippen LogP contribution in [0.5, 0.6) is 0 Å². The summed E-state index contributed by atoms with van der Waals surface area (Å²) in [5, 5.41) is 3.22. The van der Waals surface area contributed by atoms with Crippen LogP contribution in [0, 0.1) is 0 Å². The number of rotatable bonds is 7. The van der Waals surface area contributed by atoms with Gasteiger partial charge in [0.05, 0.1) is 5.69 Å². The second-order valence-corrected chi connectivity index (χ2v) is 4.39. The second-order valence-electron chi connectivity index (χ2n) is 4.39. The molecule has 0 aliphatic rings. The molecule has 0 aliphatic heterocycles. The number of pyridine rings is 1. The van der Waals surface area contributed by atoms with Crippen LogP contribution in [-0.4, -0.2) is 30.1 Å². The third-order valence-corrected chi connectivity index (χ3v) is 2.85. The van der Waals surface area contributed by atoms with Gasteiger partial charge in [0, 0.05) is 38.4 Å². The third-order valence-electron chi connectivity index (χ3n) is 2.85. The van der Waals surface area contributed by atoms with Gasteiger partial charge in [-0.15, -0.1) is 0 Å². The Kier molecular flexibility index (Phi) is 4.92. The van der Waals surface area contributed by atoms with E-state index in [0.29, 0.717) is 6.01 Å². The molecule has 0 unspecified atom stereocenters. The summed E-state index contributed by atoms with van der Waals surface area (Å²) in [5.41, 5.74) is 2.01. The molecule has 2 aromatic rings. The minimum Gasteiger partial charge on any atom is -0.432 e. The number of likely N-dealkylation sites (N-methyl/N-ethyl adjacent to an activating group) is 1. The van der Waals surface area contributed by atoms with Gasteiger partial charge in [-0.25, -0.2) is 0 Å². The summed E-state index contributed by atoms with van der Waals surface area (Å²) in [6, 6.07) is 6.61. The lowest BCUT2D eigenvalue weighted by Gasteiger charge is -2.13. The zero-order valence-electron chi connectivity index (χ0n) is 11.5. The molecule has 5 heteroatoms. The first-order chi connectivity index (χ1) is 9.29. The summed E-state index contributed by atoms with van der Waals surface area (Å²) < 4.78 is 5.47. The van der Waals surface area contributed by atoms with Crippen LogP contribution in [0.4, 0.5) is 6.01 Å². The highest BCUT2D eigenvalue weighted by molar-refractivity contribution is 5.25. The van der Waals surface area contributed by atoms with Gasteiger partial charge < -0.3 is 14.6 Å². The molecule has 0 saturated heterocycles. The first kappa shape index (κ1) is 13.5. The van der Waals surface area contributed by atoms with Crippen molar-refractivity contribution in [3.05, 3.63) is 42.0 Å². The largest absolute Gasteiger partial charge is 0.432 e. The first-order valence-corrected chi connectivity index (χ1v) is 6.55. The molecule has 2 aromatic heterocycles. The second kappa shape index (κ2) is 6.89. The zero-order chi connectivity index (χ0) is 13.5. The Hall–Kier alpha value is -1.88. The van der Waals surface area contributed by atoms with E-state index in [-0.39, 0.29) is 0 Å². The van der Waals surface area contributed by atoms with Gasteiger partial charge in [-0.05, 0) is 18.7 Å². The van der Waals surface area contributed by atoms with Crippen molar-refractivity contribution in [3.63, 3.8) is 0 Å². The van der Waals surface area contributed by atoms with Gasteiger partial charge in [0.15, 0.2) is 0 Å². The average molecular weight is 260 g/mol. The van der Waals surface area contributed by atoms with E-state index in [9.17, 15) is 0 Å². The molecule has 2 heterocycles. The van der Waals surface area contributed by atoms with E-state index in [1.165, 1.54) is 0 Å². The molecule has 102 valence electrons. The highest BCUT2D eigenvalue weighted by Crippen LogP contribution is 2.12. The van der Waals surface area contributed by atoms with Crippen molar-refractivity contribution in [2.75, 3.05) is 25.0 Å². The Morgan fingerprint density at radius 2 is 2.21 bits per heavy atom. The molecule has 1 N–H and O–H groups in total. The number of oxazole rings is 1. The number of anilines is 1. The van der Waals surface area contributed by atoms with E-state index >= 15 is 0 Å². The third kappa shape index (κ3) is 4.06. The fourth-order valence-electron chi connectivity index (χ4n) is 1.73. The van der Waals surface area contributed by atoms with Crippen molar-refractivity contribution < 1.29 is 4.42 Å². The van der Waals surface area contributed by atoms with Gasteiger partial charge in [-0.3, -0.25) is 4.98 Å². The van der Waals surface area contributed by atoms with Crippen LogP contribution < -0.4 is 10.2 Å². The maximum absolute atomic E-state index is 5.47. The van der Waals surface area contributed by atoms with Crippen molar-refractivity contribution in [2.45, 2.75) is 19.9 Å². The van der Waals surface area contributed by atoms with Crippen molar-refractivity contribution in [2.24, 2.45) is 0 Å². The molecule has 0 atom stereocenters. The molecule has 0 amide bonds. The highest BCUT2D eigenvalue weighted by Gasteiger charge is 2.08. The number of aromatic nitrogens is 2. The fraction of sp³-hybridized carbons (Fsp3) is 0.429. The number of nitrogens with one attached hydrogen (secondary N) is 1. The van der Waals surface area contributed by atoms with Crippen molar-refractivity contribution in [1.82, 2.24) is 15.3 Å². The van der Waals surface area contributed by atoms with Gasteiger partial charge in [0.1, 0.15) is 6.26 Å². The summed E-state index contributed by atoms with van der Waals surface area (Å²) >= 11 is 0.